The molecular weight excluding hydrogens is 479 g/mol. The predicted molar refractivity (Wildman–Crippen MR) is 110 cm³/mol. The molecule has 5 heterocycles. The number of amides is 1. The van der Waals surface area contributed by atoms with Crippen molar-refractivity contribution in [2.75, 3.05) is 13.2 Å². The van der Waals surface area contributed by atoms with Crippen LogP contribution in [0.2, 0.25) is 0 Å². The Kier molecular flexibility index (Phi) is 5.63. The zero-order chi connectivity index (χ0) is 24.9. The third-order valence-corrected chi connectivity index (χ3v) is 5.60. The summed E-state index contributed by atoms with van der Waals surface area (Å²) in [7, 11) is 0. The van der Waals surface area contributed by atoms with Gasteiger partial charge >= 0.3 is 6.18 Å². The van der Waals surface area contributed by atoms with E-state index in [4.69, 9.17) is 4.74 Å². The van der Waals surface area contributed by atoms with Gasteiger partial charge in [-0.15, -0.1) is 0 Å². The molecule has 5 rings (SSSR count). The van der Waals surface area contributed by atoms with E-state index in [1.807, 2.05) is 0 Å². The fourth-order valence-electron chi connectivity index (χ4n) is 3.97. The zero-order valence-corrected chi connectivity index (χ0v) is 17.8. The van der Waals surface area contributed by atoms with Crippen LogP contribution in [0.4, 0.5) is 22.0 Å². The number of rotatable bonds is 4. The van der Waals surface area contributed by atoms with Crippen LogP contribution in [-0.4, -0.2) is 66.7 Å². The molecule has 0 saturated carbocycles. The average molecular weight is 496 g/mol. The van der Waals surface area contributed by atoms with Crippen molar-refractivity contribution in [1.29, 1.82) is 0 Å². The number of fused-ring (bicyclic) bond motifs is 2. The molecule has 14 heteroatoms. The van der Waals surface area contributed by atoms with Gasteiger partial charge in [-0.1, -0.05) is 0 Å². The van der Waals surface area contributed by atoms with E-state index in [-0.39, 0.29) is 40.2 Å². The molecule has 0 radical (unpaired) electrons. The minimum atomic E-state index is -4.65. The molecule has 0 aliphatic carbocycles. The highest BCUT2D eigenvalue weighted by molar-refractivity contribution is 5.99. The number of aliphatic hydroxyl groups excluding tert-OH is 1. The molecule has 1 fully saturated rings. The number of halogens is 5. The van der Waals surface area contributed by atoms with E-state index in [1.54, 1.807) is 0 Å². The lowest BCUT2D eigenvalue weighted by molar-refractivity contribution is -0.141. The SMILES string of the molecule is O=C(NC1COCCC1O)c1cc2c(cn1)c(-c1cnc3c(F)cc(F)cn13)nn2CC(F)(F)F. The quantitative estimate of drug-likeness (QED) is 0.421. The Hall–Kier alpha value is -3.65. The summed E-state index contributed by atoms with van der Waals surface area (Å²) in [5.41, 5.74) is -0.551. The van der Waals surface area contributed by atoms with Crippen molar-refractivity contribution in [1.82, 2.24) is 29.5 Å². The Labute approximate surface area is 193 Å². The summed E-state index contributed by atoms with van der Waals surface area (Å²) in [5, 5.41) is 16.7. The van der Waals surface area contributed by atoms with Crippen LogP contribution in [0.25, 0.3) is 27.9 Å². The van der Waals surface area contributed by atoms with Crippen molar-refractivity contribution in [3.05, 3.63) is 48.1 Å². The van der Waals surface area contributed by atoms with Crippen molar-refractivity contribution in [3.8, 4) is 11.4 Å². The van der Waals surface area contributed by atoms with Crippen LogP contribution in [-0.2, 0) is 11.3 Å². The Morgan fingerprint density at radius 3 is 2.77 bits per heavy atom. The van der Waals surface area contributed by atoms with Crippen molar-refractivity contribution in [2.45, 2.75) is 31.3 Å². The van der Waals surface area contributed by atoms with E-state index in [1.165, 1.54) is 0 Å². The van der Waals surface area contributed by atoms with Gasteiger partial charge in [0.25, 0.3) is 5.91 Å². The van der Waals surface area contributed by atoms with Crippen molar-refractivity contribution in [3.63, 3.8) is 0 Å². The molecule has 1 amide bonds. The van der Waals surface area contributed by atoms with Crippen molar-refractivity contribution >= 4 is 22.5 Å². The molecule has 9 nitrogen and oxygen atoms in total. The molecule has 0 spiro atoms. The summed E-state index contributed by atoms with van der Waals surface area (Å²) < 4.78 is 74.7. The number of nitrogens with one attached hydrogen (secondary N) is 1. The Morgan fingerprint density at radius 2 is 2.03 bits per heavy atom. The van der Waals surface area contributed by atoms with E-state index in [0.29, 0.717) is 23.8 Å². The van der Waals surface area contributed by atoms with E-state index in [2.05, 4.69) is 20.4 Å². The highest BCUT2D eigenvalue weighted by atomic mass is 19.4. The van der Waals surface area contributed by atoms with Gasteiger partial charge in [0, 0.05) is 30.5 Å². The number of imidazole rings is 1. The molecule has 0 bridgehead atoms. The molecule has 1 aliphatic heterocycles. The van der Waals surface area contributed by atoms with Gasteiger partial charge < -0.3 is 15.2 Å². The van der Waals surface area contributed by atoms with Gasteiger partial charge in [0.1, 0.15) is 23.7 Å². The van der Waals surface area contributed by atoms with Gasteiger partial charge in [0.15, 0.2) is 11.5 Å². The smallest absolute Gasteiger partial charge is 0.391 e. The zero-order valence-electron chi connectivity index (χ0n) is 17.8. The lowest BCUT2D eigenvalue weighted by Crippen LogP contribution is -2.49. The van der Waals surface area contributed by atoms with Crippen LogP contribution in [0.15, 0.2) is 30.7 Å². The molecule has 1 aliphatic rings. The van der Waals surface area contributed by atoms with Crippen LogP contribution < -0.4 is 5.32 Å². The molecule has 184 valence electrons. The van der Waals surface area contributed by atoms with Crippen molar-refractivity contribution < 1.29 is 36.6 Å². The number of aromatic nitrogens is 5. The number of hydrogen-bond acceptors (Lipinski definition) is 6. The molecule has 4 aromatic heterocycles. The number of carbonyl (C=O) groups is 1. The van der Waals surface area contributed by atoms with E-state index < -0.39 is 42.4 Å². The number of nitrogens with zero attached hydrogens (tertiary/aromatic N) is 5. The van der Waals surface area contributed by atoms with Gasteiger partial charge in [-0.05, 0) is 12.5 Å². The molecule has 2 atom stereocenters. The van der Waals surface area contributed by atoms with Crippen LogP contribution >= 0.6 is 0 Å². The molecule has 2 N–H and O–H groups in total. The lowest BCUT2D eigenvalue weighted by Gasteiger charge is -2.28. The van der Waals surface area contributed by atoms with Crippen LogP contribution in [0, 0.1) is 11.6 Å². The van der Waals surface area contributed by atoms with Gasteiger partial charge in [-0.25, -0.2) is 13.8 Å². The second-order valence-electron chi connectivity index (χ2n) is 8.06. The number of hydrogen-bond donors (Lipinski definition) is 2. The van der Waals surface area contributed by atoms with Gasteiger partial charge in [0.2, 0.25) is 0 Å². The van der Waals surface area contributed by atoms with E-state index in [0.717, 1.165) is 29.1 Å². The van der Waals surface area contributed by atoms with Crippen LogP contribution in [0.5, 0.6) is 0 Å². The summed E-state index contributed by atoms with van der Waals surface area (Å²) in [6, 6.07) is 1.06. The van der Waals surface area contributed by atoms with Gasteiger partial charge in [-0.2, -0.15) is 18.3 Å². The predicted octanol–water partition coefficient (Wildman–Crippen LogP) is 2.47. The first-order valence-electron chi connectivity index (χ1n) is 10.4. The highest BCUT2D eigenvalue weighted by Gasteiger charge is 2.31. The summed E-state index contributed by atoms with van der Waals surface area (Å²) >= 11 is 0. The second kappa shape index (κ2) is 8.53. The monoisotopic (exact) mass is 496 g/mol. The first-order valence-corrected chi connectivity index (χ1v) is 10.4. The Bertz CT molecular complexity index is 1430. The van der Waals surface area contributed by atoms with E-state index >= 15 is 0 Å². The number of pyridine rings is 2. The molecule has 35 heavy (non-hydrogen) atoms. The lowest BCUT2D eigenvalue weighted by atomic mass is 10.1. The average Bonchev–Trinajstić information content (AvgIpc) is 3.35. The molecule has 4 aromatic rings. The maximum atomic E-state index is 14.1. The summed E-state index contributed by atoms with van der Waals surface area (Å²) in [4.78, 5) is 20.6. The fourth-order valence-corrected chi connectivity index (χ4v) is 3.97. The Balaban J connectivity index is 1.60. The fraction of sp³-hybridized carbons (Fsp3) is 0.333. The first-order chi connectivity index (χ1) is 16.6. The minimum absolute atomic E-state index is 0.0332. The van der Waals surface area contributed by atoms with Gasteiger partial charge in [0.05, 0.1) is 36.2 Å². The highest BCUT2D eigenvalue weighted by Crippen LogP contribution is 2.31. The third-order valence-electron chi connectivity index (χ3n) is 5.60. The third kappa shape index (κ3) is 4.41. The molecule has 2 unspecified atom stereocenters. The molecule has 1 saturated heterocycles. The number of alkyl halides is 3. The maximum absolute atomic E-state index is 14.1. The van der Waals surface area contributed by atoms with Crippen molar-refractivity contribution in [2.24, 2.45) is 0 Å². The number of ether oxygens (including phenoxy) is 1. The number of aliphatic hydroxyl groups is 1. The minimum Gasteiger partial charge on any atom is -0.391 e. The van der Waals surface area contributed by atoms with Crippen LogP contribution in [0.1, 0.15) is 16.9 Å². The maximum Gasteiger partial charge on any atom is 0.408 e. The first kappa shape index (κ1) is 23.1. The summed E-state index contributed by atoms with van der Waals surface area (Å²) in [6.07, 6.45) is -1.93. The summed E-state index contributed by atoms with van der Waals surface area (Å²) in [5.74, 6) is -2.60. The largest absolute Gasteiger partial charge is 0.408 e. The molecule has 0 aromatic carbocycles. The standard InChI is InChI=1S/C21H17F5N6O3/c22-10-3-12(23)19-28-6-16(31(19)7-10)18-11-5-27-13(4-15(11)32(30-18)9-21(24,25)26)20(34)29-14-8-35-2-1-17(14)33/h3-7,14,17,33H,1-2,8-9H2,(H,29,34). The number of carbonyl (C=O) groups excluding carboxylic acids is 1. The summed E-state index contributed by atoms with van der Waals surface area (Å²) in [6.45, 7) is -1.07. The molecular formula is C21H17F5N6O3. The topological polar surface area (TPSA) is 107 Å². The van der Waals surface area contributed by atoms with E-state index in [9.17, 15) is 31.9 Å². The second-order valence-corrected chi connectivity index (χ2v) is 8.06. The normalized spacial score (nSPS) is 18.9. The van der Waals surface area contributed by atoms with Crippen LogP contribution in [0.3, 0.4) is 0 Å². The van der Waals surface area contributed by atoms with Gasteiger partial charge in [-0.3, -0.25) is 18.9 Å². The Morgan fingerprint density at radius 1 is 1.23 bits per heavy atom.